The molecule has 7 heteroatoms. The van der Waals surface area contributed by atoms with Gasteiger partial charge in [0.15, 0.2) is 5.69 Å². The van der Waals surface area contributed by atoms with Crippen LogP contribution in [0.5, 0.6) is 0 Å². The van der Waals surface area contributed by atoms with Crippen molar-refractivity contribution >= 4 is 17.3 Å². The first-order chi connectivity index (χ1) is 8.11. The zero-order valence-corrected chi connectivity index (χ0v) is 10.5. The molecule has 0 aliphatic rings. The van der Waals surface area contributed by atoms with Gasteiger partial charge < -0.3 is 20.3 Å². The Bertz CT molecular complexity index is 369. The maximum atomic E-state index is 11.5. The number of carbonyl (C=O) groups is 1. The van der Waals surface area contributed by atoms with E-state index in [-0.39, 0.29) is 18.8 Å². The van der Waals surface area contributed by atoms with Crippen LogP contribution in [0.15, 0.2) is 5.51 Å². The molecule has 3 N–H and O–H groups in total. The highest BCUT2D eigenvalue weighted by Gasteiger charge is 2.26. The largest absolute Gasteiger partial charge is 0.461 e. The molecule has 1 aromatic heterocycles. The number of aliphatic hydroxyl groups is 2. The molecule has 0 saturated heterocycles. The summed E-state index contributed by atoms with van der Waals surface area (Å²) >= 11 is 1.12. The lowest BCUT2D eigenvalue weighted by Crippen LogP contribution is -2.30. The molecule has 0 fully saturated rings. The highest BCUT2D eigenvalue weighted by Crippen LogP contribution is 2.25. The van der Waals surface area contributed by atoms with E-state index in [1.54, 1.807) is 14.0 Å². The SMILES string of the molecule is CCOC(=O)c1ncsc1C(O)C(O)CNC. The van der Waals surface area contributed by atoms with Crippen molar-refractivity contribution in [2.45, 2.75) is 19.1 Å². The van der Waals surface area contributed by atoms with Crippen LogP contribution >= 0.6 is 11.3 Å². The van der Waals surface area contributed by atoms with E-state index in [1.807, 2.05) is 0 Å². The van der Waals surface area contributed by atoms with Gasteiger partial charge in [0.2, 0.25) is 0 Å². The van der Waals surface area contributed by atoms with E-state index < -0.39 is 18.2 Å². The second-order valence-corrected chi connectivity index (χ2v) is 4.24. The average molecular weight is 260 g/mol. The summed E-state index contributed by atoms with van der Waals surface area (Å²) in [6.45, 7) is 2.16. The summed E-state index contributed by atoms with van der Waals surface area (Å²) in [5.74, 6) is -0.584. The smallest absolute Gasteiger partial charge is 0.358 e. The van der Waals surface area contributed by atoms with Crippen LogP contribution in [0.3, 0.4) is 0 Å². The van der Waals surface area contributed by atoms with Gasteiger partial charge in [0, 0.05) is 6.54 Å². The van der Waals surface area contributed by atoms with Crippen molar-refractivity contribution in [2.24, 2.45) is 0 Å². The number of carbonyl (C=O) groups excluding carboxylic acids is 1. The van der Waals surface area contributed by atoms with Gasteiger partial charge >= 0.3 is 5.97 Å². The van der Waals surface area contributed by atoms with Crippen molar-refractivity contribution in [1.82, 2.24) is 10.3 Å². The number of aromatic nitrogens is 1. The molecular weight excluding hydrogens is 244 g/mol. The molecule has 2 unspecified atom stereocenters. The van der Waals surface area contributed by atoms with Gasteiger partial charge in [-0.3, -0.25) is 0 Å². The number of rotatable bonds is 6. The zero-order valence-electron chi connectivity index (χ0n) is 9.71. The molecule has 0 radical (unpaired) electrons. The van der Waals surface area contributed by atoms with Crippen molar-refractivity contribution in [3.63, 3.8) is 0 Å². The molecule has 96 valence electrons. The quantitative estimate of drug-likeness (QED) is 0.620. The van der Waals surface area contributed by atoms with Crippen molar-refractivity contribution < 1.29 is 19.7 Å². The predicted octanol–water partition coefficient (Wildman–Crippen LogP) is -0.0665. The number of aliphatic hydroxyl groups excluding tert-OH is 2. The Morgan fingerprint density at radius 1 is 1.65 bits per heavy atom. The highest BCUT2D eigenvalue weighted by molar-refractivity contribution is 7.10. The Balaban J connectivity index is 2.83. The van der Waals surface area contributed by atoms with E-state index in [0.29, 0.717) is 4.88 Å². The van der Waals surface area contributed by atoms with Gasteiger partial charge in [-0.15, -0.1) is 11.3 Å². The predicted molar refractivity (Wildman–Crippen MR) is 63.0 cm³/mol. The maximum Gasteiger partial charge on any atom is 0.358 e. The van der Waals surface area contributed by atoms with Crippen LogP contribution in [0.1, 0.15) is 28.4 Å². The molecule has 1 heterocycles. The summed E-state index contributed by atoms with van der Waals surface area (Å²) in [5.41, 5.74) is 1.51. The Kier molecular flexibility index (Phi) is 5.49. The van der Waals surface area contributed by atoms with E-state index >= 15 is 0 Å². The number of likely N-dealkylation sites (N-methyl/N-ethyl adjacent to an activating group) is 1. The summed E-state index contributed by atoms with van der Waals surface area (Å²) < 4.78 is 4.81. The lowest BCUT2D eigenvalue weighted by Gasteiger charge is -2.16. The topological polar surface area (TPSA) is 91.7 Å². The molecule has 6 nitrogen and oxygen atoms in total. The van der Waals surface area contributed by atoms with Crippen molar-refractivity contribution in [3.05, 3.63) is 16.1 Å². The van der Waals surface area contributed by atoms with E-state index in [9.17, 15) is 15.0 Å². The monoisotopic (exact) mass is 260 g/mol. The van der Waals surface area contributed by atoms with Crippen LogP contribution in [0.4, 0.5) is 0 Å². The number of hydrogen-bond acceptors (Lipinski definition) is 7. The summed E-state index contributed by atoms with van der Waals surface area (Å²) in [6, 6.07) is 0. The summed E-state index contributed by atoms with van der Waals surface area (Å²) in [7, 11) is 1.66. The average Bonchev–Trinajstić information content (AvgIpc) is 2.77. The first-order valence-corrected chi connectivity index (χ1v) is 6.11. The Hall–Kier alpha value is -1.02. The molecule has 1 aromatic rings. The minimum Gasteiger partial charge on any atom is -0.461 e. The Labute approximate surface area is 103 Å². The Morgan fingerprint density at radius 2 is 2.35 bits per heavy atom. The maximum absolute atomic E-state index is 11.5. The number of thiazole rings is 1. The standard InChI is InChI=1S/C10H16N2O4S/c1-3-16-10(15)7-9(17-5-12-7)8(14)6(13)4-11-2/h5-6,8,11,13-14H,3-4H2,1-2H3. The molecule has 0 amide bonds. The third-order valence-electron chi connectivity index (χ3n) is 2.11. The van der Waals surface area contributed by atoms with Crippen molar-refractivity contribution in [3.8, 4) is 0 Å². The molecule has 0 aliphatic heterocycles. The van der Waals surface area contributed by atoms with Gasteiger partial charge in [0.1, 0.15) is 6.10 Å². The summed E-state index contributed by atoms with van der Waals surface area (Å²) in [5, 5.41) is 22.3. The fourth-order valence-corrected chi connectivity index (χ4v) is 2.13. The first-order valence-electron chi connectivity index (χ1n) is 5.23. The number of esters is 1. The lowest BCUT2D eigenvalue weighted by molar-refractivity contribution is 0.0205. The third-order valence-corrected chi connectivity index (χ3v) is 3.01. The van der Waals surface area contributed by atoms with Gasteiger partial charge in [-0.1, -0.05) is 0 Å². The fourth-order valence-electron chi connectivity index (χ4n) is 1.31. The number of nitrogens with zero attached hydrogens (tertiary/aromatic N) is 1. The molecule has 0 aromatic carbocycles. The van der Waals surface area contributed by atoms with E-state index in [2.05, 4.69) is 10.3 Å². The normalized spacial score (nSPS) is 14.4. The highest BCUT2D eigenvalue weighted by atomic mass is 32.1. The second kappa shape index (κ2) is 6.65. The number of ether oxygens (including phenoxy) is 1. The second-order valence-electron chi connectivity index (χ2n) is 3.36. The van der Waals surface area contributed by atoms with Gasteiger partial charge in [-0.2, -0.15) is 0 Å². The fraction of sp³-hybridized carbons (Fsp3) is 0.600. The van der Waals surface area contributed by atoms with Gasteiger partial charge in [0.05, 0.1) is 23.1 Å². The van der Waals surface area contributed by atoms with Gasteiger partial charge in [-0.25, -0.2) is 9.78 Å². The van der Waals surface area contributed by atoms with Crippen LogP contribution < -0.4 is 5.32 Å². The van der Waals surface area contributed by atoms with E-state index in [4.69, 9.17) is 4.74 Å². The van der Waals surface area contributed by atoms with Crippen LogP contribution in [0.2, 0.25) is 0 Å². The molecule has 1 rings (SSSR count). The molecule has 0 bridgehead atoms. The molecule has 17 heavy (non-hydrogen) atoms. The number of nitrogens with one attached hydrogen (secondary N) is 1. The molecule has 0 spiro atoms. The van der Waals surface area contributed by atoms with Crippen molar-refractivity contribution in [2.75, 3.05) is 20.2 Å². The minimum absolute atomic E-state index is 0.0690. The van der Waals surface area contributed by atoms with Gasteiger partial charge in [0.25, 0.3) is 0 Å². The Morgan fingerprint density at radius 3 is 2.94 bits per heavy atom. The zero-order chi connectivity index (χ0) is 12.8. The van der Waals surface area contributed by atoms with E-state index in [1.165, 1.54) is 5.51 Å². The molecule has 0 saturated carbocycles. The van der Waals surface area contributed by atoms with E-state index in [0.717, 1.165) is 11.3 Å². The molecule has 2 atom stereocenters. The minimum atomic E-state index is -1.14. The third kappa shape index (κ3) is 3.47. The van der Waals surface area contributed by atoms with Crippen LogP contribution in [0, 0.1) is 0 Å². The summed E-state index contributed by atoms with van der Waals surface area (Å²) in [4.78, 5) is 15.7. The summed E-state index contributed by atoms with van der Waals surface area (Å²) in [6.07, 6.45) is -2.14. The van der Waals surface area contributed by atoms with Crippen LogP contribution in [-0.4, -0.2) is 47.5 Å². The first kappa shape index (κ1) is 14.0. The molecule has 0 aliphatic carbocycles. The van der Waals surface area contributed by atoms with Crippen LogP contribution in [-0.2, 0) is 4.74 Å². The van der Waals surface area contributed by atoms with Crippen molar-refractivity contribution in [1.29, 1.82) is 0 Å². The number of hydrogen-bond donors (Lipinski definition) is 3. The van der Waals surface area contributed by atoms with Crippen LogP contribution in [0.25, 0.3) is 0 Å². The van der Waals surface area contributed by atoms with Gasteiger partial charge in [-0.05, 0) is 14.0 Å². The lowest BCUT2D eigenvalue weighted by atomic mass is 10.1. The molecular formula is C10H16N2O4S.